The Morgan fingerprint density at radius 2 is 1.50 bits per heavy atom. The zero-order chi connectivity index (χ0) is 27.6. The number of pyridine rings is 2. The maximum Gasteiger partial charge on any atom is 0.335 e. The van der Waals surface area contributed by atoms with E-state index in [2.05, 4.69) is 10.3 Å². The van der Waals surface area contributed by atoms with Gasteiger partial charge in [-0.2, -0.15) is 0 Å². The summed E-state index contributed by atoms with van der Waals surface area (Å²) in [6.07, 6.45) is 1.63. The van der Waals surface area contributed by atoms with Crippen molar-refractivity contribution < 1.29 is 14.7 Å². The first-order chi connectivity index (χ1) is 19.5. The monoisotopic (exact) mass is 526 g/mol. The van der Waals surface area contributed by atoms with Crippen LogP contribution in [0.4, 0.5) is 11.5 Å². The Bertz CT molecular complexity index is 1860. The summed E-state index contributed by atoms with van der Waals surface area (Å²) >= 11 is 0. The SMILES string of the molecule is Nc1ncccc1-c1nc2ccc(-c3ccccc3)nc2n1-c1ccc(NC(=O)c2ccc(C(=O)O)cc2)cc1. The summed E-state index contributed by atoms with van der Waals surface area (Å²) in [6, 6.07) is 30.5. The van der Waals surface area contributed by atoms with E-state index in [4.69, 9.17) is 20.8 Å². The van der Waals surface area contributed by atoms with E-state index in [1.807, 2.05) is 65.2 Å². The van der Waals surface area contributed by atoms with Crippen molar-refractivity contribution in [3.63, 3.8) is 0 Å². The molecule has 3 aromatic heterocycles. The molecule has 3 heterocycles. The lowest BCUT2D eigenvalue weighted by atomic mass is 10.1. The van der Waals surface area contributed by atoms with E-state index >= 15 is 0 Å². The molecule has 0 unspecified atom stereocenters. The molecule has 4 N–H and O–H groups in total. The second-order valence-electron chi connectivity index (χ2n) is 9.00. The predicted molar refractivity (Wildman–Crippen MR) is 153 cm³/mol. The van der Waals surface area contributed by atoms with Gasteiger partial charge in [0.15, 0.2) is 11.5 Å². The van der Waals surface area contributed by atoms with Crippen LogP contribution in [-0.4, -0.2) is 36.5 Å². The highest BCUT2D eigenvalue weighted by Gasteiger charge is 2.19. The molecule has 0 saturated heterocycles. The standard InChI is InChI=1S/C31H22N6O3/c32-27-24(7-4-18-33-27)28-36-26-17-16-25(19-5-2-1-3-6-19)35-29(26)37(28)23-14-12-22(13-15-23)34-30(38)20-8-10-21(11-9-20)31(39)40/h1-18H,(H2,32,33)(H,34,38)(H,39,40). The van der Waals surface area contributed by atoms with Crippen LogP contribution in [0.15, 0.2) is 109 Å². The van der Waals surface area contributed by atoms with Crippen molar-refractivity contribution >= 4 is 34.5 Å². The van der Waals surface area contributed by atoms with Crippen molar-refractivity contribution in [3.05, 3.63) is 120 Å². The van der Waals surface area contributed by atoms with E-state index < -0.39 is 5.97 Å². The number of amides is 1. The Balaban J connectivity index is 1.39. The number of carbonyl (C=O) groups excluding carboxylic acids is 1. The number of aromatic carboxylic acids is 1. The summed E-state index contributed by atoms with van der Waals surface area (Å²) in [5.74, 6) is -0.461. The Labute approximate surface area is 228 Å². The van der Waals surface area contributed by atoms with Crippen LogP contribution in [0.5, 0.6) is 0 Å². The number of rotatable bonds is 6. The Kier molecular flexibility index (Phi) is 6.21. The molecule has 9 nitrogen and oxygen atoms in total. The molecule has 0 radical (unpaired) electrons. The lowest BCUT2D eigenvalue weighted by Crippen LogP contribution is -2.12. The Morgan fingerprint density at radius 3 is 2.20 bits per heavy atom. The molecule has 194 valence electrons. The number of nitrogens with zero attached hydrogens (tertiary/aromatic N) is 4. The van der Waals surface area contributed by atoms with Gasteiger partial charge in [-0.25, -0.2) is 19.7 Å². The average Bonchev–Trinajstić information content (AvgIpc) is 3.37. The second-order valence-corrected chi connectivity index (χ2v) is 9.00. The number of aromatic nitrogens is 4. The summed E-state index contributed by atoms with van der Waals surface area (Å²) < 4.78 is 1.92. The highest BCUT2D eigenvalue weighted by molar-refractivity contribution is 6.04. The van der Waals surface area contributed by atoms with E-state index in [1.54, 1.807) is 24.4 Å². The molecule has 40 heavy (non-hydrogen) atoms. The predicted octanol–water partition coefficient (Wildman–Crippen LogP) is 5.68. The molecule has 0 saturated carbocycles. The van der Waals surface area contributed by atoms with Gasteiger partial charge in [0.05, 0.1) is 16.8 Å². The number of carboxylic acid groups (broad SMARTS) is 1. The first kappa shape index (κ1) is 24.5. The van der Waals surface area contributed by atoms with Crippen molar-refractivity contribution in [2.24, 2.45) is 0 Å². The number of nitrogens with one attached hydrogen (secondary N) is 1. The van der Waals surface area contributed by atoms with Crippen molar-refractivity contribution in [1.82, 2.24) is 19.5 Å². The van der Waals surface area contributed by atoms with E-state index in [0.717, 1.165) is 16.9 Å². The van der Waals surface area contributed by atoms with Gasteiger partial charge in [-0.15, -0.1) is 0 Å². The second kappa shape index (κ2) is 10.1. The normalized spacial score (nSPS) is 10.9. The molecule has 0 spiro atoms. The lowest BCUT2D eigenvalue weighted by molar-refractivity contribution is 0.0696. The van der Waals surface area contributed by atoms with Gasteiger partial charge >= 0.3 is 5.97 Å². The number of carboxylic acids is 1. The summed E-state index contributed by atoms with van der Waals surface area (Å²) in [6.45, 7) is 0. The van der Waals surface area contributed by atoms with Crippen LogP contribution >= 0.6 is 0 Å². The van der Waals surface area contributed by atoms with Gasteiger partial charge in [0.25, 0.3) is 5.91 Å². The first-order valence-electron chi connectivity index (χ1n) is 12.4. The van der Waals surface area contributed by atoms with Crippen LogP contribution in [0.1, 0.15) is 20.7 Å². The molecule has 1 amide bonds. The summed E-state index contributed by atoms with van der Waals surface area (Å²) in [5, 5.41) is 11.9. The molecule has 0 fully saturated rings. The van der Waals surface area contributed by atoms with Gasteiger partial charge in [-0.1, -0.05) is 30.3 Å². The number of nitrogens with two attached hydrogens (primary N) is 1. The average molecular weight is 527 g/mol. The van der Waals surface area contributed by atoms with Crippen molar-refractivity contribution in [1.29, 1.82) is 0 Å². The third-order valence-corrected chi connectivity index (χ3v) is 6.43. The molecular formula is C31H22N6O3. The third-order valence-electron chi connectivity index (χ3n) is 6.43. The number of nitrogen functional groups attached to an aromatic ring is 1. The van der Waals surface area contributed by atoms with Gasteiger partial charge in [0.2, 0.25) is 0 Å². The van der Waals surface area contributed by atoms with Crippen molar-refractivity contribution in [2.45, 2.75) is 0 Å². The number of anilines is 2. The number of benzene rings is 3. The van der Waals surface area contributed by atoms with Gasteiger partial charge in [0, 0.05) is 28.7 Å². The van der Waals surface area contributed by atoms with E-state index in [1.165, 1.54) is 24.3 Å². The van der Waals surface area contributed by atoms with Gasteiger partial charge in [-0.3, -0.25) is 9.36 Å². The zero-order valence-corrected chi connectivity index (χ0v) is 21.0. The summed E-state index contributed by atoms with van der Waals surface area (Å²) in [5.41, 5.74) is 11.8. The highest BCUT2D eigenvalue weighted by Crippen LogP contribution is 2.32. The van der Waals surface area contributed by atoms with Crippen LogP contribution in [0.3, 0.4) is 0 Å². The van der Waals surface area contributed by atoms with Gasteiger partial charge in [-0.05, 0) is 72.8 Å². The molecule has 0 aliphatic rings. The molecular weight excluding hydrogens is 504 g/mol. The Morgan fingerprint density at radius 1 is 0.775 bits per heavy atom. The van der Waals surface area contributed by atoms with Crippen molar-refractivity contribution in [2.75, 3.05) is 11.1 Å². The zero-order valence-electron chi connectivity index (χ0n) is 21.0. The van der Waals surface area contributed by atoms with Crippen LogP contribution in [-0.2, 0) is 0 Å². The van der Waals surface area contributed by atoms with Crippen molar-refractivity contribution in [3.8, 4) is 28.3 Å². The number of fused-ring (bicyclic) bond motifs is 1. The minimum Gasteiger partial charge on any atom is -0.478 e. The third kappa shape index (κ3) is 4.63. The minimum absolute atomic E-state index is 0.113. The van der Waals surface area contributed by atoms with Gasteiger partial charge < -0.3 is 16.2 Å². The number of imidazole rings is 1. The quantitative estimate of drug-likeness (QED) is 0.254. The van der Waals surface area contributed by atoms with E-state index in [0.29, 0.717) is 39.6 Å². The fourth-order valence-corrected chi connectivity index (χ4v) is 4.42. The summed E-state index contributed by atoms with van der Waals surface area (Å²) in [7, 11) is 0. The smallest absolute Gasteiger partial charge is 0.335 e. The Hall–Kier alpha value is -5.83. The fourth-order valence-electron chi connectivity index (χ4n) is 4.42. The number of carbonyl (C=O) groups is 2. The molecule has 3 aromatic carbocycles. The maximum absolute atomic E-state index is 12.7. The van der Waals surface area contributed by atoms with Crippen LogP contribution in [0.25, 0.3) is 39.5 Å². The van der Waals surface area contributed by atoms with Gasteiger partial charge in [0.1, 0.15) is 11.3 Å². The molecule has 0 aliphatic heterocycles. The van der Waals surface area contributed by atoms with E-state index in [-0.39, 0.29) is 11.5 Å². The topological polar surface area (TPSA) is 136 Å². The number of hydrogen-bond donors (Lipinski definition) is 3. The van der Waals surface area contributed by atoms with Crippen LogP contribution in [0, 0.1) is 0 Å². The summed E-state index contributed by atoms with van der Waals surface area (Å²) in [4.78, 5) is 37.9. The maximum atomic E-state index is 12.7. The molecule has 0 aliphatic carbocycles. The highest BCUT2D eigenvalue weighted by atomic mass is 16.4. The lowest BCUT2D eigenvalue weighted by Gasteiger charge is -2.12. The fraction of sp³-hybridized carbons (Fsp3) is 0. The minimum atomic E-state index is -1.05. The van der Waals surface area contributed by atoms with E-state index in [9.17, 15) is 9.59 Å². The molecule has 6 rings (SSSR count). The molecule has 6 aromatic rings. The van der Waals surface area contributed by atoms with Crippen LogP contribution < -0.4 is 11.1 Å². The molecule has 9 heteroatoms. The van der Waals surface area contributed by atoms with Crippen LogP contribution in [0.2, 0.25) is 0 Å². The number of hydrogen-bond acceptors (Lipinski definition) is 6. The largest absolute Gasteiger partial charge is 0.478 e. The molecule has 0 atom stereocenters. The first-order valence-corrected chi connectivity index (χ1v) is 12.4. The molecule has 0 bridgehead atoms.